The Labute approximate surface area is 101 Å². The van der Waals surface area contributed by atoms with Crippen molar-refractivity contribution < 1.29 is 5.11 Å². The molecule has 0 aromatic heterocycles. The van der Waals surface area contributed by atoms with E-state index in [-0.39, 0.29) is 0 Å². The lowest BCUT2D eigenvalue weighted by molar-refractivity contribution is 0.155. The fourth-order valence-corrected chi connectivity index (χ4v) is 2.38. The Bertz CT molecular complexity index is 364. The molecule has 1 fully saturated rings. The van der Waals surface area contributed by atoms with Crippen molar-refractivity contribution in [2.75, 3.05) is 12.3 Å². The van der Waals surface area contributed by atoms with Crippen molar-refractivity contribution in [2.45, 2.75) is 31.4 Å². The Hall–Kier alpha value is -0.770. The predicted octanol–water partition coefficient (Wildman–Crippen LogP) is 2.10. The highest BCUT2D eigenvalue weighted by Crippen LogP contribution is 2.30. The number of nitrogen functional groups attached to an aromatic ring is 1. The van der Waals surface area contributed by atoms with Gasteiger partial charge in [-0.3, -0.25) is 0 Å². The average Bonchev–Trinajstić information content (AvgIpc) is 2.74. The molecule has 0 spiro atoms. The van der Waals surface area contributed by atoms with Gasteiger partial charge in [0.1, 0.15) is 0 Å². The molecule has 1 aromatic carbocycles. The molecule has 2 rings (SSSR count). The SMILES string of the molecule is Nc1c(Cl)cccc1C(O)CC1CCCN1. The largest absolute Gasteiger partial charge is 0.397 e. The standard InChI is InChI=1S/C12H17ClN2O/c13-10-5-1-4-9(12(10)14)11(16)7-8-3-2-6-15-8/h1,4-5,8,11,15-16H,2-3,6-7,14H2. The third-order valence-corrected chi connectivity index (χ3v) is 3.45. The summed E-state index contributed by atoms with van der Waals surface area (Å²) in [7, 11) is 0. The first-order chi connectivity index (χ1) is 7.68. The van der Waals surface area contributed by atoms with E-state index in [1.807, 2.05) is 12.1 Å². The third-order valence-electron chi connectivity index (χ3n) is 3.12. The van der Waals surface area contributed by atoms with E-state index in [2.05, 4.69) is 5.32 Å². The summed E-state index contributed by atoms with van der Waals surface area (Å²) >= 11 is 5.92. The highest BCUT2D eigenvalue weighted by atomic mass is 35.5. The molecule has 2 atom stereocenters. The van der Waals surface area contributed by atoms with Gasteiger partial charge in [-0.25, -0.2) is 0 Å². The van der Waals surface area contributed by atoms with Crippen LogP contribution in [0.15, 0.2) is 18.2 Å². The molecule has 0 radical (unpaired) electrons. The van der Waals surface area contributed by atoms with Crippen molar-refractivity contribution in [1.82, 2.24) is 5.32 Å². The van der Waals surface area contributed by atoms with Crippen molar-refractivity contribution in [1.29, 1.82) is 0 Å². The molecule has 1 aromatic rings. The van der Waals surface area contributed by atoms with E-state index < -0.39 is 6.10 Å². The monoisotopic (exact) mass is 240 g/mol. The molecular formula is C12H17ClN2O. The van der Waals surface area contributed by atoms with Crippen LogP contribution in [0, 0.1) is 0 Å². The van der Waals surface area contributed by atoms with Crippen molar-refractivity contribution >= 4 is 17.3 Å². The van der Waals surface area contributed by atoms with Crippen molar-refractivity contribution in [2.24, 2.45) is 0 Å². The minimum absolute atomic E-state index is 0.397. The van der Waals surface area contributed by atoms with Crippen LogP contribution in [0.1, 0.15) is 30.9 Å². The topological polar surface area (TPSA) is 58.3 Å². The Balaban J connectivity index is 2.07. The molecule has 1 heterocycles. The minimum Gasteiger partial charge on any atom is -0.397 e. The number of nitrogens with two attached hydrogens (primary N) is 1. The number of para-hydroxylation sites is 1. The molecule has 1 saturated heterocycles. The quantitative estimate of drug-likeness (QED) is 0.710. The van der Waals surface area contributed by atoms with Crippen LogP contribution in [0.5, 0.6) is 0 Å². The lowest BCUT2D eigenvalue weighted by atomic mass is 10.00. The summed E-state index contributed by atoms with van der Waals surface area (Å²) < 4.78 is 0. The molecule has 0 bridgehead atoms. The summed E-state index contributed by atoms with van der Waals surface area (Å²) in [6.45, 7) is 1.04. The third kappa shape index (κ3) is 2.48. The van der Waals surface area contributed by atoms with E-state index in [0.717, 1.165) is 18.5 Å². The molecule has 88 valence electrons. The number of hydrogen-bond donors (Lipinski definition) is 3. The van der Waals surface area contributed by atoms with Crippen LogP contribution in [0.2, 0.25) is 5.02 Å². The highest BCUT2D eigenvalue weighted by Gasteiger charge is 2.20. The van der Waals surface area contributed by atoms with Crippen LogP contribution in [0.3, 0.4) is 0 Å². The average molecular weight is 241 g/mol. The Kier molecular flexibility index (Phi) is 3.69. The lowest BCUT2D eigenvalue weighted by Crippen LogP contribution is -2.24. The van der Waals surface area contributed by atoms with Crippen molar-refractivity contribution in [3.63, 3.8) is 0 Å². The summed E-state index contributed by atoms with van der Waals surface area (Å²) in [4.78, 5) is 0. The van der Waals surface area contributed by atoms with E-state index in [1.165, 1.54) is 6.42 Å². The van der Waals surface area contributed by atoms with E-state index in [9.17, 15) is 5.11 Å². The van der Waals surface area contributed by atoms with Gasteiger partial charge in [-0.15, -0.1) is 0 Å². The van der Waals surface area contributed by atoms with E-state index in [0.29, 0.717) is 23.2 Å². The number of hydrogen-bond acceptors (Lipinski definition) is 3. The van der Waals surface area contributed by atoms with E-state index in [1.54, 1.807) is 6.07 Å². The van der Waals surface area contributed by atoms with Crippen LogP contribution >= 0.6 is 11.6 Å². The first kappa shape index (κ1) is 11.7. The fraction of sp³-hybridized carbons (Fsp3) is 0.500. The number of aliphatic hydroxyl groups excluding tert-OH is 1. The number of aliphatic hydroxyl groups is 1. The smallest absolute Gasteiger partial charge is 0.0825 e. The van der Waals surface area contributed by atoms with Crippen molar-refractivity contribution in [3.05, 3.63) is 28.8 Å². The molecular weight excluding hydrogens is 224 g/mol. The van der Waals surface area contributed by atoms with Gasteiger partial charge in [0, 0.05) is 11.6 Å². The van der Waals surface area contributed by atoms with Crippen LogP contribution in [-0.4, -0.2) is 17.7 Å². The maximum atomic E-state index is 10.1. The minimum atomic E-state index is -0.533. The molecule has 2 unspecified atom stereocenters. The first-order valence-corrected chi connectivity index (χ1v) is 6.01. The molecule has 0 aliphatic carbocycles. The summed E-state index contributed by atoms with van der Waals surface area (Å²) in [6.07, 6.45) is 2.47. The van der Waals surface area contributed by atoms with Crippen molar-refractivity contribution in [3.8, 4) is 0 Å². The summed E-state index contributed by atoms with van der Waals surface area (Å²) in [5.74, 6) is 0. The fourth-order valence-electron chi connectivity index (χ4n) is 2.20. The zero-order valence-electron chi connectivity index (χ0n) is 9.12. The lowest BCUT2D eigenvalue weighted by Gasteiger charge is -2.18. The van der Waals surface area contributed by atoms with Gasteiger partial charge in [0.05, 0.1) is 16.8 Å². The summed E-state index contributed by atoms with van der Waals surface area (Å²) in [6, 6.07) is 5.79. The van der Waals surface area contributed by atoms with Gasteiger partial charge >= 0.3 is 0 Å². The van der Waals surface area contributed by atoms with Gasteiger partial charge in [-0.05, 0) is 31.9 Å². The maximum absolute atomic E-state index is 10.1. The number of anilines is 1. The van der Waals surface area contributed by atoms with Gasteiger partial charge in [-0.1, -0.05) is 23.7 Å². The molecule has 1 aliphatic heterocycles. The van der Waals surface area contributed by atoms with Gasteiger partial charge in [0.15, 0.2) is 0 Å². The van der Waals surface area contributed by atoms with Gasteiger partial charge < -0.3 is 16.2 Å². The first-order valence-electron chi connectivity index (χ1n) is 5.64. The second-order valence-corrected chi connectivity index (χ2v) is 4.69. The zero-order valence-corrected chi connectivity index (χ0v) is 9.87. The van der Waals surface area contributed by atoms with Gasteiger partial charge in [0.2, 0.25) is 0 Å². The Morgan fingerprint density at radius 2 is 2.38 bits per heavy atom. The number of nitrogens with one attached hydrogen (secondary N) is 1. The molecule has 3 nitrogen and oxygen atoms in total. The summed E-state index contributed by atoms with van der Waals surface area (Å²) in [5, 5.41) is 14.0. The Morgan fingerprint density at radius 3 is 3.06 bits per heavy atom. The second kappa shape index (κ2) is 5.04. The van der Waals surface area contributed by atoms with Gasteiger partial charge in [-0.2, -0.15) is 0 Å². The molecule has 0 saturated carbocycles. The van der Waals surface area contributed by atoms with E-state index >= 15 is 0 Å². The number of benzene rings is 1. The van der Waals surface area contributed by atoms with Gasteiger partial charge in [0.25, 0.3) is 0 Å². The molecule has 1 aliphatic rings. The van der Waals surface area contributed by atoms with Crippen LogP contribution < -0.4 is 11.1 Å². The van der Waals surface area contributed by atoms with Crippen LogP contribution in [0.25, 0.3) is 0 Å². The maximum Gasteiger partial charge on any atom is 0.0825 e. The molecule has 0 amide bonds. The second-order valence-electron chi connectivity index (χ2n) is 4.29. The summed E-state index contributed by atoms with van der Waals surface area (Å²) in [5.41, 5.74) is 7.08. The van der Waals surface area contributed by atoms with E-state index in [4.69, 9.17) is 17.3 Å². The van der Waals surface area contributed by atoms with Crippen LogP contribution in [-0.2, 0) is 0 Å². The van der Waals surface area contributed by atoms with Crippen LogP contribution in [0.4, 0.5) is 5.69 Å². The Morgan fingerprint density at radius 1 is 1.56 bits per heavy atom. The normalized spacial score (nSPS) is 22.2. The molecule has 4 heteroatoms. The molecule has 4 N–H and O–H groups in total. The zero-order chi connectivity index (χ0) is 11.5. The number of halogens is 1. The number of rotatable bonds is 3. The predicted molar refractivity (Wildman–Crippen MR) is 66.5 cm³/mol. The highest BCUT2D eigenvalue weighted by molar-refractivity contribution is 6.33. The molecule has 16 heavy (non-hydrogen) atoms.